The van der Waals surface area contributed by atoms with Crippen LogP contribution in [0, 0.1) is 0 Å². The molecule has 84 valence electrons. The van der Waals surface area contributed by atoms with E-state index in [9.17, 15) is 5.11 Å². The molecule has 1 unspecified atom stereocenters. The van der Waals surface area contributed by atoms with Gasteiger partial charge in [-0.2, -0.15) is 0 Å². The second-order valence-corrected chi connectivity index (χ2v) is 4.55. The van der Waals surface area contributed by atoms with Gasteiger partial charge in [0.2, 0.25) is 0 Å². The third kappa shape index (κ3) is 1.33. The number of aliphatic hydroxyl groups excluding tert-OH is 1. The highest BCUT2D eigenvalue weighted by atomic mass is 16.3. The number of aliphatic hydroxyl groups is 1. The van der Waals surface area contributed by atoms with Crippen LogP contribution in [0.5, 0.6) is 0 Å². The second-order valence-electron chi connectivity index (χ2n) is 4.55. The molecular weight excluding hydrogens is 202 g/mol. The molecule has 2 aromatic rings. The van der Waals surface area contributed by atoms with E-state index in [-0.39, 0.29) is 0 Å². The van der Waals surface area contributed by atoms with Crippen molar-refractivity contribution in [3.63, 3.8) is 0 Å². The van der Waals surface area contributed by atoms with E-state index in [0.717, 1.165) is 22.6 Å². The van der Waals surface area contributed by atoms with Crippen LogP contribution >= 0.6 is 0 Å². The van der Waals surface area contributed by atoms with Crippen LogP contribution in [0.2, 0.25) is 0 Å². The van der Waals surface area contributed by atoms with Crippen molar-refractivity contribution in [2.75, 3.05) is 0 Å². The van der Waals surface area contributed by atoms with Gasteiger partial charge in [0.05, 0.1) is 6.10 Å². The van der Waals surface area contributed by atoms with Crippen molar-refractivity contribution in [2.24, 2.45) is 7.05 Å². The highest BCUT2D eigenvalue weighted by molar-refractivity contribution is 5.76. The quantitative estimate of drug-likeness (QED) is 0.835. The Hall–Kier alpha value is -1.42. The standard InChI is InChI=1S/C12H15N3O/c1-7(16)9-5-6-13-12-10(9)14-11(15(12)2)8-3-4-8/h5-8,16H,3-4H2,1-2H3. The van der Waals surface area contributed by atoms with Gasteiger partial charge in [-0.1, -0.05) is 0 Å². The number of pyridine rings is 1. The van der Waals surface area contributed by atoms with Crippen LogP contribution in [-0.2, 0) is 7.05 Å². The Kier molecular flexibility index (Phi) is 2.01. The molecule has 0 aromatic carbocycles. The number of imidazole rings is 1. The minimum absolute atomic E-state index is 0.493. The number of nitrogens with zero attached hydrogens (tertiary/aromatic N) is 3. The van der Waals surface area contributed by atoms with Crippen LogP contribution in [0.1, 0.15) is 43.2 Å². The van der Waals surface area contributed by atoms with E-state index >= 15 is 0 Å². The van der Waals surface area contributed by atoms with Crippen molar-refractivity contribution in [1.29, 1.82) is 0 Å². The highest BCUT2D eigenvalue weighted by Gasteiger charge is 2.29. The van der Waals surface area contributed by atoms with Gasteiger partial charge in [0, 0.05) is 24.7 Å². The molecule has 0 bridgehead atoms. The molecule has 1 atom stereocenters. The Balaban J connectivity index is 2.27. The molecule has 4 heteroatoms. The first kappa shape index (κ1) is 9.78. The number of aryl methyl sites for hydroxylation is 1. The largest absolute Gasteiger partial charge is 0.389 e. The fraction of sp³-hybridized carbons (Fsp3) is 0.500. The third-order valence-electron chi connectivity index (χ3n) is 3.22. The maximum atomic E-state index is 9.70. The summed E-state index contributed by atoms with van der Waals surface area (Å²) in [5.41, 5.74) is 2.59. The van der Waals surface area contributed by atoms with E-state index in [2.05, 4.69) is 14.5 Å². The van der Waals surface area contributed by atoms with E-state index in [1.165, 1.54) is 12.8 Å². The van der Waals surface area contributed by atoms with Gasteiger partial charge in [0.15, 0.2) is 5.65 Å². The molecule has 16 heavy (non-hydrogen) atoms. The predicted octanol–water partition coefficient (Wildman–Crippen LogP) is 1.90. The van der Waals surface area contributed by atoms with Crippen LogP contribution in [0.3, 0.4) is 0 Å². The first-order valence-electron chi connectivity index (χ1n) is 5.67. The Labute approximate surface area is 93.9 Å². The predicted molar refractivity (Wildman–Crippen MR) is 61.1 cm³/mol. The van der Waals surface area contributed by atoms with Crippen molar-refractivity contribution in [2.45, 2.75) is 31.8 Å². The van der Waals surface area contributed by atoms with Gasteiger partial charge in [-0.25, -0.2) is 9.97 Å². The molecule has 0 saturated heterocycles. The molecule has 1 aliphatic rings. The minimum Gasteiger partial charge on any atom is -0.389 e. The summed E-state index contributed by atoms with van der Waals surface area (Å²) in [5.74, 6) is 1.71. The smallest absolute Gasteiger partial charge is 0.160 e. The first-order chi connectivity index (χ1) is 7.68. The SMILES string of the molecule is CC(O)c1ccnc2c1nc(C1CC1)n2C. The van der Waals surface area contributed by atoms with Gasteiger partial charge in [-0.3, -0.25) is 0 Å². The van der Waals surface area contributed by atoms with Gasteiger partial charge < -0.3 is 9.67 Å². The van der Waals surface area contributed by atoms with Crippen LogP contribution in [-0.4, -0.2) is 19.6 Å². The molecule has 0 spiro atoms. The molecule has 0 amide bonds. The van der Waals surface area contributed by atoms with Crippen LogP contribution in [0.15, 0.2) is 12.3 Å². The zero-order valence-corrected chi connectivity index (χ0v) is 9.51. The van der Waals surface area contributed by atoms with E-state index in [0.29, 0.717) is 5.92 Å². The zero-order valence-electron chi connectivity index (χ0n) is 9.51. The lowest BCUT2D eigenvalue weighted by Gasteiger charge is -2.04. The molecule has 1 fully saturated rings. The lowest BCUT2D eigenvalue weighted by atomic mass is 10.1. The molecular formula is C12H15N3O. The van der Waals surface area contributed by atoms with Crippen molar-refractivity contribution in [3.05, 3.63) is 23.7 Å². The Morgan fingerprint density at radius 3 is 2.88 bits per heavy atom. The molecule has 4 nitrogen and oxygen atoms in total. The van der Waals surface area contributed by atoms with Crippen molar-refractivity contribution >= 4 is 11.2 Å². The average molecular weight is 217 g/mol. The van der Waals surface area contributed by atoms with Crippen molar-refractivity contribution < 1.29 is 5.11 Å². The summed E-state index contributed by atoms with van der Waals surface area (Å²) in [6.07, 6.45) is 3.69. The first-order valence-corrected chi connectivity index (χ1v) is 5.67. The van der Waals surface area contributed by atoms with Crippen molar-refractivity contribution in [3.8, 4) is 0 Å². The third-order valence-corrected chi connectivity index (χ3v) is 3.22. The highest BCUT2D eigenvalue weighted by Crippen LogP contribution is 2.40. The van der Waals surface area contributed by atoms with Crippen LogP contribution in [0.25, 0.3) is 11.2 Å². The summed E-state index contributed by atoms with van der Waals surface area (Å²) >= 11 is 0. The number of aromatic nitrogens is 3. The lowest BCUT2D eigenvalue weighted by Crippen LogP contribution is -1.96. The molecule has 1 aliphatic carbocycles. The van der Waals surface area contributed by atoms with E-state index in [4.69, 9.17) is 0 Å². The molecule has 2 heterocycles. The summed E-state index contributed by atoms with van der Waals surface area (Å²) in [4.78, 5) is 8.98. The molecule has 1 saturated carbocycles. The van der Waals surface area contributed by atoms with Crippen molar-refractivity contribution in [1.82, 2.24) is 14.5 Å². The molecule has 1 N–H and O–H groups in total. The van der Waals surface area contributed by atoms with Crippen LogP contribution in [0.4, 0.5) is 0 Å². The molecule has 2 aromatic heterocycles. The summed E-state index contributed by atoms with van der Waals surface area (Å²) in [5, 5.41) is 9.70. The summed E-state index contributed by atoms with van der Waals surface area (Å²) in [7, 11) is 2.00. The number of rotatable bonds is 2. The topological polar surface area (TPSA) is 50.9 Å². The molecule has 3 rings (SSSR count). The second kappa shape index (κ2) is 3.28. The Bertz CT molecular complexity index is 540. The van der Waals surface area contributed by atoms with E-state index < -0.39 is 6.10 Å². The average Bonchev–Trinajstić information content (AvgIpc) is 3.04. The van der Waals surface area contributed by atoms with E-state index in [1.54, 1.807) is 13.1 Å². The van der Waals surface area contributed by atoms with E-state index in [1.807, 2.05) is 13.1 Å². The zero-order chi connectivity index (χ0) is 11.3. The maximum absolute atomic E-state index is 9.70. The maximum Gasteiger partial charge on any atom is 0.160 e. The fourth-order valence-corrected chi connectivity index (χ4v) is 2.16. The molecule has 0 aliphatic heterocycles. The van der Waals surface area contributed by atoms with Gasteiger partial charge in [0.25, 0.3) is 0 Å². The number of hydrogen-bond acceptors (Lipinski definition) is 3. The number of fused-ring (bicyclic) bond motifs is 1. The van der Waals surface area contributed by atoms with Crippen LogP contribution < -0.4 is 0 Å². The fourth-order valence-electron chi connectivity index (χ4n) is 2.16. The van der Waals surface area contributed by atoms with Gasteiger partial charge in [-0.05, 0) is 25.8 Å². The van der Waals surface area contributed by atoms with Gasteiger partial charge >= 0.3 is 0 Å². The minimum atomic E-state index is -0.493. The van der Waals surface area contributed by atoms with Gasteiger partial charge in [0.1, 0.15) is 11.3 Å². The Morgan fingerprint density at radius 1 is 1.50 bits per heavy atom. The normalized spacial score (nSPS) is 17.9. The molecule has 0 radical (unpaired) electrons. The lowest BCUT2D eigenvalue weighted by molar-refractivity contribution is 0.200. The Morgan fingerprint density at radius 2 is 2.25 bits per heavy atom. The monoisotopic (exact) mass is 217 g/mol. The van der Waals surface area contributed by atoms with Gasteiger partial charge in [-0.15, -0.1) is 0 Å². The summed E-state index contributed by atoms with van der Waals surface area (Å²) in [6, 6.07) is 1.84. The summed E-state index contributed by atoms with van der Waals surface area (Å²) < 4.78 is 2.05. The summed E-state index contributed by atoms with van der Waals surface area (Å²) in [6.45, 7) is 1.76. The number of hydrogen-bond donors (Lipinski definition) is 1.